The fourth-order valence-electron chi connectivity index (χ4n) is 11.6. The molecule has 13 heteroatoms. The second-order valence-corrected chi connectivity index (χ2v) is 17.2. The predicted octanol–water partition coefficient (Wildman–Crippen LogP) is 0.688. The van der Waals surface area contributed by atoms with Crippen molar-refractivity contribution in [2.45, 2.75) is 103 Å². The topological polar surface area (TPSA) is 206 Å². The number of hydrogen-bond acceptors (Lipinski definition) is 13. The summed E-state index contributed by atoms with van der Waals surface area (Å²) in [6.07, 6.45) is -7.25. The number of ether oxygens (including phenoxy) is 4. The molecule has 51 heavy (non-hydrogen) atoms. The van der Waals surface area contributed by atoms with Crippen molar-refractivity contribution in [2.75, 3.05) is 20.8 Å². The van der Waals surface area contributed by atoms with Gasteiger partial charge in [0.1, 0.15) is 36.6 Å². The van der Waals surface area contributed by atoms with Gasteiger partial charge in [-0.15, -0.1) is 0 Å². The van der Waals surface area contributed by atoms with Gasteiger partial charge in [-0.1, -0.05) is 36.6 Å². The number of esters is 2. The maximum atomic E-state index is 15.1. The highest BCUT2D eigenvalue weighted by molar-refractivity contribution is 6.07. The Kier molecular flexibility index (Phi) is 7.69. The molecule has 278 valence electrons. The molecule has 0 amide bonds. The quantitative estimate of drug-likeness (QED) is 0.197. The lowest BCUT2D eigenvalue weighted by Gasteiger charge is -2.51. The molecular weight excluding hydrogens is 664 g/mol. The Morgan fingerprint density at radius 2 is 1.49 bits per heavy atom. The molecule has 3 saturated carbocycles. The second-order valence-electron chi connectivity index (χ2n) is 17.2. The highest BCUT2D eigenvalue weighted by atomic mass is 16.7. The van der Waals surface area contributed by atoms with Gasteiger partial charge in [-0.2, -0.15) is 0 Å². The van der Waals surface area contributed by atoms with Crippen LogP contribution < -0.4 is 0 Å². The number of hydrogen-bond donors (Lipinski definition) is 5. The zero-order valence-electron chi connectivity index (χ0n) is 29.8. The second kappa shape index (κ2) is 11.1. The number of rotatable bonds is 5. The standard InChI is InChI=1S/C38H48O13/c1-35(33(46)48-5)12-17-15-8-19(15)38(4)21(17)10-23(26(41)31(38)51-32-29(44)28(43)27(42)24(13-39)50-32)36(2,34(47)49-6)11-16-14-7-18(14)37(3)20(16)9-22(35)25(40)30(37)45/h9,14-15,18-19,23-24,27-32,39,42-45H,7-8,10-13H2,1-6H3/t14-,15-,18-,19-,23?,24-,27-,28+,29-,30+,31+,32+,35-,36-,37+,38+/m1/s1. The largest absolute Gasteiger partial charge is 0.469 e. The lowest BCUT2D eigenvalue weighted by molar-refractivity contribution is -0.316. The summed E-state index contributed by atoms with van der Waals surface area (Å²) in [6.45, 7) is 6.46. The van der Waals surface area contributed by atoms with Crippen LogP contribution >= 0.6 is 0 Å². The minimum atomic E-state index is -1.76. The third-order valence-corrected chi connectivity index (χ3v) is 14.8. The van der Waals surface area contributed by atoms with Crippen LogP contribution in [0.3, 0.4) is 0 Å². The van der Waals surface area contributed by atoms with Crippen molar-refractivity contribution in [3.05, 3.63) is 33.9 Å². The molecule has 1 saturated heterocycles. The van der Waals surface area contributed by atoms with Crippen LogP contribution in [-0.2, 0) is 38.1 Å². The van der Waals surface area contributed by atoms with Crippen LogP contribution in [0.1, 0.15) is 59.8 Å². The number of methoxy groups -OCH3 is 2. The molecule has 7 aliphatic carbocycles. The van der Waals surface area contributed by atoms with Gasteiger partial charge in [-0.25, -0.2) is 0 Å². The summed E-state index contributed by atoms with van der Waals surface area (Å²) in [5.74, 6) is -3.46. The smallest absolute Gasteiger partial charge is 0.316 e. The molecule has 4 fully saturated rings. The van der Waals surface area contributed by atoms with Crippen LogP contribution in [0.15, 0.2) is 33.9 Å². The van der Waals surface area contributed by atoms with Crippen molar-refractivity contribution >= 4 is 23.5 Å². The minimum absolute atomic E-state index is 0.0432. The van der Waals surface area contributed by atoms with E-state index in [0.29, 0.717) is 18.4 Å². The monoisotopic (exact) mass is 712 g/mol. The maximum Gasteiger partial charge on any atom is 0.316 e. The molecule has 0 aromatic heterocycles. The average molecular weight is 713 g/mol. The molecule has 1 unspecified atom stereocenters. The van der Waals surface area contributed by atoms with Crippen LogP contribution in [0.2, 0.25) is 0 Å². The van der Waals surface area contributed by atoms with Gasteiger partial charge in [0.25, 0.3) is 0 Å². The Morgan fingerprint density at radius 1 is 0.863 bits per heavy atom. The lowest BCUT2D eigenvalue weighted by Crippen LogP contribution is -2.62. The Hall–Kier alpha value is -2.78. The average Bonchev–Trinajstić information content (AvgIpc) is 4.03. The summed E-state index contributed by atoms with van der Waals surface area (Å²) in [5, 5.41) is 53.7. The fourth-order valence-corrected chi connectivity index (χ4v) is 11.6. The summed E-state index contributed by atoms with van der Waals surface area (Å²) in [5.41, 5.74) is -1.46. The first-order valence-electron chi connectivity index (χ1n) is 18.0. The molecule has 0 aromatic carbocycles. The van der Waals surface area contributed by atoms with Crippen LogP contribution in [-0.4, -0.2) is 113 Å². The van der Waals surface area contributed by atoms with Gasteiger partial charge >= 0.3 is 11.9 Å². The van der Waals surface area contributed by atoms with E-state index in [4.69, 9.17) is 18.9 Å². The summed E-state index contributed by atoms with van der Waals surface area (Å²) >= 11 is 0. The van der Waals surface area contributed by atoms with E-state index in [1.165, 1.54) is 14.2 Å². The summed E-state index contributed by atoms with van der Waals surface area (Å²) in [6, 6.07) is 0. The molecule has 4 bridgehead atoms. The summed E-state index contributed by atoms with van der Waals surface area (Å²) < 4.78 is 23.0. The van der Waals surface area contributed by atoms with Crippen LogP contribution in [0, 0.1) is 51.2 Å². The van der Waals surface area contributed by atoms with E-state index in [2.05, 4.69) is 0 Å². The molecule has 1 aliphatic heterocycles. The third-order valence-electron chi connectivity index (χ3n) is 14.8. The highest BCUT2D eigenvalue weighted by Crippen LogP contribution is 2.74. The van der Waals surface area contributed by atoms with Gasteiger partial charge in [0.05, 0.1) is 31.7 Å². The maximum absolute atomic E-state index is 15.1. The summed E-state index contributed by atoms with van der Waals surface area (Å²) in [4.78, 5) is 57.4. The summed E-state index contributed by atoms with van der Waals surface area (Å²) in [7, 11) is 2.55. The van der Waals surface area contributed by atoms with Gasteiger partial charge in [0.2, 0.25) is 0 Å². The van der Waals surface area contributed by atoms with Gasteiger partial charge in [0, 0.05) is 22.3 Å². The van der Waals surface area contributed by atoms with E-state index in [9.17, 15) is 39.9 Å². The normalized spacial score (nSPS) is 50.8. The molecule has 8 aliphatic rings. The van der Waals surface area contributed by atoms with E-state index in [1.807, 2.05) is 13.8 Å². The number of allylic oxidation sites excluding steroid dienone is 3. The molecule has 5 N–H and O–H groups in total. The molecular formula is C38H48O13. The Morgan fingerprint density at radius 3 is 2.12 bits per heavy atom. The third kappa shape index (κ3) is 4.34. The number of Topliss-reactive ketones (excluding diaryl/α,β-unsaturated/α-hetero) is 2. The number of fused-ring (bicyclic) bond motifs is 7. The van der Waals surface area contributed by atoms with Gasteiger partial charge in [-0.3, -0.25) is 19.2 Å². The number of carbonyl (C=O) groups excluding carboxylic acids is 4. The van der Waals surface area contributed by atoms with Crippen molar-refractivity contribution in [1.29, 1.82) is 0 Å². The predicted molar refractivity (Wildman–Crippen MR) is 174 cm³/mol. The highest BCUT2D eigenvalue weighted by Gasteiger charge is 2.72. The first-order chi connectivity index (χ1) is 23.9. The first-order valence-corrected chi connectivity index (χ1v) is 18.0. The zero-order valence-corrected chi connectivity index (χ0v) is 29.8. The van der Waals surface area contributed by atoms with Gasteiger partial charge in [0.15, 0.2) is 17.9 Å². The molecule has 0 spiro atoms. The van der Waals surface area contributed by atoms with Crippen molar-refractivity contribution in [1.82, 2.24) is 0 Å². The van der Waals surface area contributed by atoms with Crippen LogP contribution in [0.25, 0.3) is 0 Å². The first kappa shape index (κ1) is 35.3. The fraction of sp³-hybridized carbons (Fsp3) is 0.737. The van der Waals surface area contributed by atoms with E-state index in [0.717, 1.165) is 16.7 Å². The van der Waals surface area contributed by atoms with Crippen molar-refractivity contribution < 1.29 is 63.7 Å². The number of carbonyl (C=O) groups is 4. The van der Waals surface area contributed by atoms with Gasteiger partial charge in [-0.05, 0) is 75.2 Å². The van der Waals surface area contributed by atoms with Gasteiger partial charge < -0.3 is 44.5 Å². The van der Waals surface area contributed by atoms with Crippen LogP contribution in [0.5, 0.6) is 0 Å². The molecule has 0 radical (unpaired) electrons. The Labute approximate surface area is 295 Å². The molecule has 1 heterocycles. The number of aliphatic hydroxyl groups is 5. The number of aliphatic hydroxyl groups excluding tert-OH is 5. The molecule has 13 nitrogen and oxygen atoms in total. The Bertz CT molecular complexity index is 1730. The zero-order chi connectivity index (χ0) is 36.9. The SMILES string of the molecule is COC(=O)[C@]1(C)CC2=C3CC(C(=O)[C@H](O[C@@H]4O[C@H](CO)[C@@H](O)[C@H](O)[C@H]4O)[C@@]3(C)[C@@H]3C[C@H]23)[C@](C)(C(=O)OC)CC2=C3C=C1C(=O)[C@H](O)[C@@]3(C)[C@@H]1C[C@H]21. The van der Waals surface area contributed by atoms with E-state index in [-0.39, 0.29) is 48.5 Å². The Balaban J connectivity index is 1.34. The van der Waals surface area contributed by atoms with Crippen molar-refractivity contribution in [3.8, 4) is 0 Å². The van der Waals surface area contributed by atoms with E-state index in [1.54, 1.807) is 19.9 Å². The van der Waals surface area contributed by atoms with Crippen molar-refractivity contribution in [2.24, 2.45) is 51.2 Å². The number of ketones is 2. The molecule has 0 aromatic rings. The minimum Gasteiger partial charge on any atom is -0.469 e. The van der Waals surface area contributed by atoms with E-state index >= 15 is 4.79 Å². The van der Waals surface area contributed by atoms with Crippen molar-refractivity contribution in [3.63, 3.8) is 0 Å². The van der Waals surface area contributed by atoms with E-state index < -0.39 is 101 Å². The molecule has 8 rings (SSSR count). The van der Waals surface area contributed by atoms with Crippen LogP contribution in [0.4, 0.5) is 0 Å². The molecule has 16 atom stereocenters. The lowest BCUT2D eigenvalue weighted by atomic mass is 9.55.